The minimum Gasteiger partial charge on any atom is -0.342 e. The zero-order chi connectivity index (χ0) is 22.6. The van der Waals surface area contributed by atoms with E-state index < -0.39 is 5.54 Å². The number of carbonyl (C=O) groups excluding carboxylic acids is 2. The second kappa shape index (κ2) is 9.86. The quantitative estimate of drug-likeness (QED) is 0.713. The molecule has 0 radical (unpaired) electrons. The van der Waals surface area contributed by atoms with Gasteiger partial charge in [0.25, 0.3) is 0 Å². The predicted octanol–water partition coefficient (Wildman–Crippen LogP) is 3.70. The molecule has 7 nitrogen and oxygen atoms in total. The van der Waals surface area contributed by atoms with Gasteiger partial charge in [-0.25, -0.2) is 4.98 Å². The summed E-state index contributed by atoms with van der Waals surface area (Å²) in [6.07, 6.45) is 8.11. The smallest absolute Gasteiger partial charge is 0.225 e. The predicted molar refractivity (Wildman–Crippen MR) is 126 cm³/mol. The lowest BCUT2D eigenvalue weighted by Crippen LogP contribution is -2.55. The summed E-state index contributed by atoms with van der Waals surface area (Å²) < 4.78 is 1.24. The van der Waals surface area contributed by atoms with Crippen molar-refractivity contribution in [3.63, 3.8) is 0 Å². The van der Waals surface area contributed by atoms with E-state index in [1.54, 1.807) is 11.3 Å². The number of rotatable bonds is 4. The molecule has 2 aromatic rings. The summed E-state index contributed by atoms with van der Waals surface area (Å²) in [5, 5.41) is 11.8. The zero-order valence-corrected chi connectivity index (χ0v) is 19.4. The van der Waals surface area contributed by atoms with E-state index in [2.05, 4.69) is 40.2 Å². The number of hydrogen-bond acceptors (Lipinski definition) is 6. The number of hydrogen-bond donors (Lipinski definition) is 1. The van der Waals surface area contributed by atoms with E-state index in [1.807, 2.05) is 12.1 Å². The molecule has 2 aliphatic carbocycles. The Labute approximate surface area is 193 Å². The fourth-order valence-electron chi connectivity index (χ4n) is 4.56. The largest absolute Gasteiger partial charge is 0.342 e. The van der Waals surface area contributed by atoms with E-state index in [-0.39, 0.29) is 5.92 Å². The first kappa shape index (κ1) is 22.5. The van der Waals surface area contributed by atoms with Crippen LogP contribution in [0.1, 0.15) is 51.9 Å². The van der Waals surface area contributed by atoms with Crippen molar-refractivity contribution in [1.29, 1.82) is 5.26 Å². The first-order chi connectivity index (χ1) is 15.5. The zero-order valence-electron chi connectivity index (χ0n) is 18.6. The van der Waals surface area contributed by atoms with E-state index in [9.17, 15) is 9.59 Å². The van der Waals surface area contributed by atoms with Crippen molar-refractivity contribution >= 4 is 39.0 Å². The normalized spacial score (nSPS) is 22.4. The first-order valence-corrected chi connectivity index (χ1v) is 12.4. The molecule has 0 unspecified atom stereocenters. The molecule has 2 heterocycles. The maximum Gasteiger partial charge on any atom is 0.225 e. The summed E-state index contributed by atoms with van der Waals surface area (Å²) in [5.41, 5.74) is 0.604. The Kier molecular flexibility index (Phi) is 6.95. The Morgan fingerprint density at radius 2 is 2.00 bits per heavy atom. The highest BCUT2D eigenvalue weighted by Gasteiger charge is 2.42. The Morgan fingerprint density at radius 3 is 2.59 bits per heavy atom. The van der Waals surface area contributed by atoms with Crippen LogP contribution in [0.25, 0.3) is 10.2 Å². The number of nitrogens with zero attached hydrogens (tertiary/aromatic N) is 4. The van der Waals surface area contributed by atoms with E-state index in [4.69, 9.17) is 10.2 Å². The molecule has 5 rings (SSSR count). The van der Waals surface area contributed by atoms with Gasteiger partial charge in [-0.3, -0.25) is 9.59 Å². The van der Waals surface area contributed by atoms with Gasteiger partial charge in [-0.1, -0.05) is 42.7 Å². The molecule has 2 amide bonds. The van der Waals surface area contributed by atoms with Crippen molar-refractivity contribution in [2.75, 3.05) is 24.5 Å². The van der Waals surface area contributed by atoms with Crippen LogP contribution in [0.2, 0.25) is 0 Å². The maximum atomic E-state index is 12.8. The Balaban J connectivity index is 0.000000260. The fourth-order valence-corrected chi connectivity index (χ4v) is 5.65. The van der Waals surface area contributed by atoms with Crippen LogP contribution in [-0.4, -0.2) is 53.4 Å². The molecular weight excluding hydrogens is 422 g/mol. The number of carbonyl (C=O) groups is 2. The summed E-state index contributed by atoms with van der Waals surface area (Å²) in [4.78, 5) is 31.8. The molecule has 0 bridgehead atoms. The lowest BCUT2D eigenvalue weighted by molar-refractivity contribution is -0.137. The Bertz CT molecular complexity index is 957. The molecular formula is C24H31N5O2S. The molecule has 1 saturated heterocycles. The summed E-state index contributed by atoms with van der Waals surface area (Å²) in [5.74, 6) is 0.672. The van der Waals surface area contributed by atoms with Gasteiger partial charge in [-0.05, 0) is 44.7 Å². The van der Waals surface area contributed by atoms with Crippen LogP contribution >= 0.6 is 11.3 Å². The number of aromatic nitrogens is 1. The number of amides is 2. The van der Waals surface area contributed by atoms with Crippen molar-refractivity contribution in [3.05, 3.63) is 24.3 Å². The van der Waals surface area contributed by atoms with Crippen LogP contribution < -0.4 is 10.2 Å². The van der Waals surface area contributed by atoms with Crippen LogP contribution in [0, 0.1) is 17.2 Å². The average molecular weight is 454 g/mol. The van der Waals surface area contributed by atoms with Crippen molar-refractivity contribution in [2.45, 2.75) is 63.5 Å². The Morgan fingerprint density at radius 1 is 1.25 bits per heavy atom. The molecule has 1 aromatic carbocycles. The molecule has 32 heavy (non-hydrogen) atoms. The van der Waals surface area contributed by atoms with Gasteiger partial charge in [0.15, 0.2) is 5.13 Å². The number of para-hydroxylation sites is 1. The second-order valence-electron chi connectivity index (χ2n) is 9.08. The molecule has 1 atom stereocenters. The number of nitriles is 1. The van der Waals surface area contributed by atoms with Crippen LogP contribution in [0.3, 0.4) is 0 Å². The van der Waals surface area contributed by atoms with Crippen LogP contribution in [0.5, 0.6) is 0 Å². The van der Waals surface area contributed by atoms with Gasteiger partial charge in [-0.2, -0.15) is 5.26 Å². The molecule has 2 saturated carbocycles. The highest BCUT2D eigenvalue weighted by molar-refractivity contribution is 7.22. The first-order valence-electron chi connectivity index (χ1n) is 11.6. The Hall–Kier alpha value is -2.66. The molecule has 3 fully saturated rings. The van der Waals surface area contributed by atoms with Crippen molar-refractivity contribution in [1.82, 2.24) is 15.2 Å². The van der Waals surface area contributed by atoms with Crippen molar-refractivity contribution < 1.29 is 9.59 Å². The van der Waals surface area contributed by atoms with Gasteiger partial charge in [-0.15, -0.1) is 0 Å². The third-order valence-electron chi connectivity index (χ3n) is 6.72. The summed E-state index contributed by atoms with van der Waals surface area (Å²) in [7, 11) is 0. The van der Waals surface area contributed by atoms with Gasteiger partial charge in [0.1, 0.15) is 5.54 Å². The average Bonchev–Trinajstić information content (AvgIpc) is 3.47. The van der Waals surface area contributed by atoms with Gasteiger partial charge < -0.3 is 15.1 Å². The minimum atomic E-state index is -0.470. The number of nitrogens with one attached hydrogen (secondary N) is 1. The summed E-state index contributed by atoms with van der Waals surface area (Å²) in [6, 6.07) is 10.6. The summed E-state index contributed by atoms with van der Waals surface area (Å²) >= 11 is 1.76. The van der Waals surface area contributed by atoms with Crippen LogP contribution in [-0.2, 0) is 9.59 Å². The molecule has 1 aliphatic heterocycles. The third-order valence-corrected chi connectivity index (χ3v) is 7.79. The SMILES string of the molecule is C[C@@H]1CN(C(=O)C2CCCCC2)CCN1c1nc2ccccc2s1.N#CC1(NC=O)CC1. The maximum absolute atomic E-state index is 12.8. The van der Waals surface area contributed by atoms with E-state index in [1.165, 1.54) is 24.0 Å². The number of thiazole rings is 1. The van der Waals surface area contributed by atoms with Crippen LogP contribution in [0.15, 0.2) is 24.3 Å². The van der Waals surface area contributed by atoms with E-state index in [0.29, 0.717) is 18.4 Å². The van der Waals surface area contributed by atoms with Crippen LogP contribution in [0.4, 0.5) is 5.13 Å². The highest BCUT2D eigenvalue weighted by Crippen LogP contribution is 2.33. The standard InChI is InChI=1S/C19H25N3OS.C5H6N2O/c1-14-13-21(18(23)15-7-3-2-4-8-15)11-12-22(14)19-20-16-9-5-6-10-17(16)24-19;6-3-5(1-2-5)7-4-8/h5-6,9-10,14-15H,2-4,7-8,11-13H2,1H3;4H,1-2H2,(H,7,8)/t14-;/m1./s1. The number of fused-ring (bicyclic) bond motifs is 1. The lowest BCUT2D eigenvalue weighted by atomic mass is 9.88. The van der Waals surface area contributed by atoms with E-state index >= 15 is 0 Å². The fraction of sp³-hybridized carbons (Fsp3) is 0.583. The highest BCUT2D eigenvalue weighted by atomic mass is 32.1. The molecule has 1 N–H and O–H groups in total. The minimum absolute atomic E-state index is 0.278. The molecule has 170 valence electrons. The molecule has 3 aliphatic rings. The number of piperazine rings is 1. The van der Waals surface area contributed by atoms with Gasteiger partial charge >= 0.3 is 0 Å². The third kappa shape index (κ3) is 5.04. The molecule has 8 heteroatoms. The van der Waals surface area contributed by atoms with E-state index in [0.717, 1.165) is 56.0 Å². The monoisotopic (exact) mass is 453 g/mol. The number of anilines is 1. The van der Waals surface area contributed by atoms with Gasteiger partial charge in [0, 0.05) is 31.6 Å². The topological polar surface area (TPSA) is 89.3 Å². The van der Waals surface area contributed by atoms with Crippen molar-refractivity contribution in [2.24, 2.45) is 5.92 Å². The summed E-state index contributed by atoms with van der Waals surface area (Å²) in [6.45, 7) is 4.76. The molecule has 1 aromatic heterocycles. The second-order valence-corrected chi connectivity index (χ2v) is 10.1. The van der Waals surface area contributed by atoms with Gasteiger partial charge in [0.2, 0.25) is 12.3 Å². The molecule has 0 spiro atoms. The van der Waals surface area contributed by atoms with Gasteiger partial charge in [0.05, 0.1) is 16.3 Å². The lowest BCUT2D eigenvalue weighted by Gasteiger charge is -2.41. The van der Waals surface area contributed by atoms with Crippen molar-refractivity contribution in [3.8, 4) is 6.07 Å². The number of benzene rings is 1.